The Morgan fingerprint density at radius 1 is 1.06 bits per heavy atom. The highest BCUT2D eigenvalue weighted by Gasteiger charge is 2.53. The molecule has 0 atom stereocenters. The van der Waals surface area contributed by atoms with Crippen LogP contribution in [0.2, 0.25) is 0 Å². The largest absolute Gasteiger partial charge is 0.295 e. The second-order valence-electron chi connectivity index (χ2n) is 10.6. The number of nitrogens with zero attached hydrogens (tertiary/aromatic N) is 4. The van der Waals surface area contributed by atoms with Crippen molar-refractivity contribution >= 4 is 39.7 Å². The third-order valence-corrected chi connectivity index (χ3v) is 9.11. The van der Waals surface area contributed by atoms with Crippen molar-refractivity contribution in [2.24, 2.45) is 22.9 Å². The summed E-state index contributed by atoms with van der Waals surface area (Å²) in [6, 6.07) is 5.90. The lowest BCUT2D eigenvalue weighted by molar-refractivity contribution is -0.118. The van der Waals surface area contributed by atoms with Crippen LogP contribution in [0.5, 0.6) is 0 Å². The van der Waals surface area contributed by atoms with Crippen LogP contribution in [0, 0.1) is 31.6 Å². The van der Waals surface area contributed by atoms with E-state index in [2.05, 4.69) is 20.6 Å². The van der Waals surface area contributed by atoms with Crippen LogP contribution in [0.15, 0.2) is 23.3 Å². The molecule has 4 fully saturated rings. The van der Waals surface area contributed by atoms with E-state index in [4.69, 9.17) is 0 Å². The smallest absolute Gasteiger partial charge is 0.273 e. The Balaban J connectivity index is 1.21. The van der Waals surface area contributed by atoms with Crippen LogP contribution in [0.3, 0.4) is 0 Å². The number of hydrazone groups is 1. The van der Waals surface area contributed by atoms with Gasteiger partial charge in [0.05, 0.1) is 5.69 Å². The van der Waals surface area contributed by atoms with Crippen LogP contribution in [0.25, 0.3) is 0 Å². The zero-order chi connectivity index (χ0) is 22.7. The number of aromatic nitrogens is 2. The molecule has 2 amide bonds. The summed E-state index contributed by atoms with van der Waals surface area (Å²) in [5, 5.41) is 19.2. The molecule has 1 aliphatic heterocycles. The van der Waals surface area contributed by atoms with Gasteiger partial charge in [-0.3, -0.25) is 14.9 Å². The fraction of sp³-hybridized carbons (Fsp3) is 0.560. The van der Waals surface area contributed by atoms with Gasteiger partial charge in [-0.25, -0.2) is 5.01 Å². The molecule has 33 heavy (non-hydrogen) atoms. The molecule has 2 aromatic rings. The number of aryl methyl sites for hydroxylation is 2. The zero-order valence-electron chi connectivity index (χ0n) is 19.1. The van der Waals surface area contributed by atoms with Crippen molar-refractivity contribution in [1.82, 2.24) is 10.2 Å². The molecule has 1 aromatic heterocycles. The fourth-order valence-electron chi connectivity index (χ4n) is 6.88. The normalized spacial score (nSPS) is 30.5. The molecule has 1 N–H and O–H groups in total. The summed E-state index contributed by atoms with van der Waals surface area (Å²) in [6.45, 7) is 3.92. The van der Waals surface area contributed by atoms with Crippen molar-refractivity contribution in [2.45, 2.75) is 70.6 Å². The van der Waals surface area contributed by atoms with Crippen molar-refractivity contribution < 1.29 is 9.59 Å². The van der Waals surface area contributed by atoms with Gasteiger partial charge in [0.1, 0.15) is 10.7 Å². The quantitative estimate of drug-likeness (QED) is 0.709. The summed E-state index contributed by atoms with van der Waals surface area (Å²) >= 11 is 1.53. The summed E-state index contributed by atoms with van der Waals surface area (Å²) in [7, 11) is 0. The highest BCUT2D eigenvalue weighted by atomic mass is 32.1. The fourth-order valence-corrected chi connectivity index (χ4v) is 7.84. The molecule has 1 aromatic carbocycles. The number of nitrogens with one attached hydrogen (secondary N) is 1. The van der Waals surface area contributed by atoms with Gasteiger partial charge in [-0.05, 0) is 87.3 Å². The number of rotatable bonds is 4. The Bertz CT molecular complexity index is 1130. The summed E-state index contributed by atoms with van der Waals surface area (Å²) in [5.41, 5.74) is 3.24. The van der Waals surface area contributed by atoms with E-state index >= 15 is 0 Å². The first-order valence-electron chi connectivity index (χ1n) is 12.0. The summed E-state index contributed by atoms with van der Waals surface area (Å²) in [6.07, 6.45) is 8.41. The van der Waals surface area contributed by atoms with Crippen molar-refractivity contribution in [2.75, 3.05) is 10.3 Å². The van der Waals surface area contributed by atoms with E-state index in [0.717, 1.165) is 39.6 Å². The predicted octanol–water partition coefficient (Wildman–Crippen LogP) is 4.74. The number of hydrogen-bond acceptors (Lipinski definition) is 6. The zero-order valence-corrected chi connectivity index (χ0v) is 20.0. The van der Waals surface area contributed by atoms with E-state index in [9.17, 15) is 9.59 Å². The lowest BCUT2D eigenvalue weighted by Gasteiger charge is -2.55. The third kappa shape index (κ3) is 3.68. The van der Waals surface area contributed by atoms with Crippen molar-refractivity contribution in [1.29, 1.82) is 0 Å². The van der Waals surface area contributed by atoms with E-state index in [0.29, 0.717) is 17.3 Å². The molecule has 4 saturated carbocycles. The molecule has 5 aliphatic rings. The molecular formula is C25H29N5O2S. The minimum Gasteiger partial charge on any atom is -0.295 e. The third-order valence-electron chi connectivity index (χ3n) is 8.02. The van der Waals surface area contributed by atoms with Gasteiger partial charge >= 0.3 is 0 Å². The highest BCUT2D eigenvalue weighted by Crippen LogP contribution is 2.61. The van der Waals surface area contributed by atoms with Crippen LogP contribution >= 0.6 is 11.3 Å². The first-order chi connectivity index (χ1) is 15.9. The van der Waals surface area contributed by atoms with Crippen molar-refractivity contribution in [3.63, 3.8) is 0 Å². The lowest BCUT2D eigenvalue weighted by atomic mass is 9.50. The van der Waals surface area contributed by atoms with Crippen LogP contribution in [-0.2, 0) is 15.0 Å². The molecule has 0 unspecified atom stereocenters. The van der Waals surface area contributed by atoms with E-state index in [-0.39, 0.29) is 23.7 Å². The first kappa shape index (κ1) is 21.0. The van der Waals surface area contributed by atoms with E-state index in [1.54, 1.807) is 0 Å². The monoisotopic (exact) mass is 463 g/mol. The molecule has 172 valence electrons. The predicted molar refractivity (Wildman–Crippen MR) is 128 cm³/mol. The van der Waals surface area contributed by atoms with Gasteiger partial charge in [-0.15, -0.1) is 10.2 Å². The molecule has 7 nitrogen and oxygen atoms in total. The summed E-state index contributed by atoms with van der Waals surface area (Å²) in [5.74, 6) is 2.11. The van der Waals surface area contributed by atoms with Crippen LogP contribution in [0.4, 0.5) is 10.8 Å². The second-order valence-corrected chi connectivity index (χ2v) is 11.6. The van der Waals surface area contributed by atoms with E-state index in [1.807, 2.05) is 32.0 Å². The second kappa shape index (κ2) is 7.72. The highest BCUT2D eigenvalue weighted by molar-refractivity contribution is 7.15. The average molecular weight is 464 g/mol. The average Bonchev–Trinajstić information content (AvgIpc) is 3.24. The Labute approximate surface area is 197 Å². The van der Waals surface area contributed by atoms with E-state index < -0.39 is 0 Å². The molecule has 2 heterocycles. The standard InChI is InChI=1S/C25H29N5O2S/c1-14-3-4-15(2)20(7-14)30-21(31)6-5-19(29-30)22(32)26-24-28-27-23(33-24)25-11-16-8-17(12-25)10-18(9-16)13-25/h3-4,7,16-18H,5-6,8-13H2,1-2H3,(H,26,28,32). The molecular weight excluding hydrogens is 434 g/mol. The first-order valence-corrected chi connectivity index (χ1v) is 12.8. The van der Waals surface area contributed by atoms with Crippen molar-refractivity contribution in [3.8, 4) is 0 Å². The molecule has 8 heteroatoms. The molecule has 0 spiro atoms. The maximum Gasteiger partial charge on any atom is 0.273 e. The van der Waals surface area contributed by atoms with Gasteiger partial charge in [0.15, 0.2) is 0 Å². The van der Waals surface area contributed by atoms with Crippen LogP contribution in [0.1, 0.15) is 67.5 Å². The Kier molecular flexibility index (Phi) is 4.90. The Morgan fingerprint density at radius 3 is 2.45 bits per heavy atom. The van der Waals surface area contributed by atoms with Gasteiger partial charge < -0.3 is 0 Å². The van der Waals surface area contributed by atoms with Gasteiger partial charge in [0.25, 0.3) is 5.91 Å². The number of hydrogen-bond donors (Lipinski definition) is 1. The summed E-state index contributed by atoms with van der Waals surface area (Å²) < 4.78 is 0. The van der Waals surface area contributed by atoms with Gasteiger partial charge in [0, 0.05) is 18.3 Å². The van der Waals surface area contributed by atoms with Gasteiger partial charge in [0.2, 0.25) is 11.0 Å². The molecule has 4 bridgehead atoms. The molecule has 7 rings (SSSR count). The Hall–Kier alpha value is -2.61. The molecule has 0 saturated heterocycles. The minimum atomic E-state index is -0.300. The van der Waals surface area contributed by atoms with Gasteiger partial charge in [-0.2, -0.15) is 5.10 Å². The number of anilines is 2. The number of carbonyl (C=O) groups excluding carboxylic acids is 2. The number of benzene rings is 1. The lowest BCUT2D eigenvalue weighted by Crippen LogP contribution is -2.48. The SMILES string of the molecule is Cc1ccc(C)c(N2N=C(C(=O)Nc3nnc(C45CC6CC(CC(C6)C4)C5)s3)CCC2=O)c1. The number of carbonyl (C=O) groups is 2. The maximum absolute atomic E-state index is 13.0. The minimum absolute atomic E-state index is 0.0970. The van der Waals surface area contributed by atoms with Crippen LogP contribution in [-0.4, -0.2) is 27.7 Å². The summed E-state index contributed by atoms with van der Waals surface area (Å²) in [4.78, 5) is 25.6. The Morgan fingerprint density at radius 2 is 1.76 bits per heavy atom. The molecule has 0 radical (unpaired) electrons. The maximum atomic E-state index is 13.0. The van der Waals surface area contributed by atoms with Gasteiger partial charge in [-0.1, -0.05) is 23.5 Å². The topological polar surface area (TPSA) is 87.6 Å². The molecule has 4 aliphatic carbocycles. The number of amides is 2. The van der Waals surface area contributed by atoms with E-state index in [1.165, 1.54) is 54.9 Å². The van der Waals surface area contributed by atoms with Crippen molar-refractivity contribution in [3.05, 3.63) is 34.3 Å². The van der Waals surface area contributed by atoms with Crippen LogP contribution < -0.4 is 10.3 Å².